The first kappa shape index (κ1) is 14.3. The van der Waals surface area contributed by atoms with Crippen molar-refractivity contribution in [2.75, 3.05) is 11.4 Å². The summed E-state index contributed by atoms with van der Waals surface area (Å²) in [5.41, 5.74) is 0.0561. The van der Waals surface area contributed by atoms with Gasteiger partial charge in [-0.3, -0.25) is 10.1 Å². The Bertz CT molecular complexity index is 493. The van der Waals surface area contributed by atoms with Crippen LogP contribution < -0.4 is 10.2 Å². The number of fused-ring (bicyclic) bond motifs is 2. The summed E-state index contributed by atoms with van der Waals surface area (Å²) >= 11 is 0. The van der Waals surface area contributed by atoms with Gasteiger partial charge in [-0.1, -0.05) is 6.92 Å². The van der Waals surface area contributed by atoms with Crippen molar-refractivity contribution in [3.8, 4) is 0 Å². The fourth-order valence-corrected chi connectivity index (χ4v) is 3.66. The third-order valence-corrected chi connectivity index (χ3v) is 4.59. The van der Waals surface area contributed by atoms with E-state index in [1.807, 2.05) is 0 Å². The summed E-state index contributed by atoms with van der Waals surface area (Å²) in [6.45, 7) is 3.11. The van der Waals surface area contributed by atoms with Crippen molar-refractivity contribution in [3.63, 3.8) is 0 Å². The minimum atomic E-state index is -0.397. The second-order valence-corrected chi connectivity index (χ2v) is 6.09. The third kappa shape index (κ3) is 3.00. The number of rotatable bonds is 5. The number of aromatic nitrogens is 1. The summed E-state index contributed by atoms with van der Waals surface area (Å²) in [6.07, 6.45) is 7.26. The van der Waals surface area contributed by atoms with Gasteiger partial charge in [-0.05, 0) is 38.2 Å². The topological polar surface area (TPSA) is 71.3 Å². The molecule has 1 aromatic rings. The fraction of sp³-hybridized carbons (Fsp3) is 0.667. The monoisotopic (exact) mass is 290 g/mol. The zero-order chi connectivity index (χ0) is 14.8. The molecule has 2 atom stereocenters. The van der Waals surface area contributed by atoms with E-state index in [0.29, 0.717) is 18.1 Å². The van der Waals surface area contributed by atoms with E-state index in [0.717, 1.165) is 31.6 Å². The van der Waals surface area contributed by atoms with E-state index in [2.05, 4.69) is 22.1 Å². The van der Waals surface area contributed by atoms with Crippen molar-refractivity contribution in [2.45, 2.75) is 57.2 Å². The average Bonchev–Trinajstić information content (AvgIpc) is 2.83. The zero-order valence-electron chi connectivity index (χ0n) is 12.4. The molecule has 2 saturated heterocycles. The molecule has 2 aliphatic heterocycles. The molecule has 0 aliphatic carbocycles. The number of pyridine rings is 1. The molecule has 1 N–H and O–H groups in total. The Morgan fingerprint density at radius 3 is 2.62 bits per heavy atom. The highest BCUT2D eigenvalue weighted by molar-refractivity contribution is 5.44. The molecule has 21 heavy (non-hydrogen) atoms. The summed E-state index contributed by atoms with van der Waals surface area (Å²) in [6, 6.07) is 5.10. The molecular formula is C15H22N4O2. The van der Waals surface area contributed by atoms with Crippen LogP contribution in [-0.2, 0) is 0 Å². The van der Waals surface area contributed by atoms with Crippen LogP contribution in [0.1, 0.15) is 39.0 Å². The third-order valence-electron chi connectivity index (χ3n) is 4.59. The molecule has 114 valence electrons. The lowest BCUT2D eigenvalue weighted by atomic mass is 9.98. The van der Waals surface area contributed by atoms with Crippen LogP contribution in [0.4, 0.5) is 11.5 Å². The van der Waals surface area contributed by atoms with Crippen LogP contribution in [0, 0.1) is 10.1 Å². The van der Waals surface area contributed by atoms with E-state index in [9.17, 15) is 10.1 Å². The van der Waals surface area contributed by atoms with Crippen LogP contribution in [0.25, 0.3) is 0 Å². The maximum Gasteiger partial charge on any atom is 0.287 e. The summed E-state index contributed by atoms with van der Waals surface area (Å²) < 4.78 is 0. The standard InChI is InChI=1S/C15H22N4O2/c1-2-7-18(14-8-11-3-4-12(9-14)17-11)15-6-5-13(10-16-15)19(20)21/h5-6,10-12,14,17H,2-4,7-9H2,1H3. The second kappa shape index (κ2) is 5.97. The van der Waals surface area contributed by atoms with E-state index >= 15 is 0 Å². The Kier molecular flexibility index (Phi) is 4.05. The first-order chi connectivity index (χ1) is 10.2. The lowest BCUT2D eigenvalue weighted by Crippen LogP contribution is -2.48. The molecule has 0 amide bonds. The number of anilines is 1. The largest absolute Gasteiger partial charge is 0.354 e. The molecule has 0 spiro atoms. The maximum atomic E-state index is 10.7. The molecule has 1 aromatic heterocycles. The van der Waals surface area contributed by atoms with Gasteiger partial charge in [-0.2, -0.15) is 0 Å². The number of hydrogen-bond donors (Lipinski definition) is 1. The number of nitro groups is 1. The van der Waals surface area contributed by atoms with Gasteiger partial charge in [0.15, 0.2) is 0 Å². The molecule has 2 bridgehead atoms. The fourth-order valence-electron chi connectivity index (χ4n) is 3.66. The van der Waals surface area contributed by atoms with E-state index in [4.69, 9.17) is 0 Å². The van der Waals surface area contributed by atoms with Crippen molar-refractivity contribution in [3.05, 3.63) is 28.4 Å². The van der Waals surface area contributed by atoms with E-state index in [-0.39, 0.29) is 5.69 Å². The molecular weight excluding hydrogens is 268 g/mol. The summed E-state index contributed by atoms with van der Waals surface area (Å²) in [5.74, 6) is 0.869. The minimum Gasteiger partial charge on any atom is -0.354 e. The van der Waals surface area contributed by atoms with Crippen LogP contribution >= 0.6 is 0 Å². The summed E-state index contributed by atoms with van der Waals surface area (Å²) in [5, 5.41) is 14.4. The lowest BCUT2D eigenvalue weighted by molar-refractivity contribution is -0.385. The molecule has 2 aliphatic rings. The van der Waals surface area contributed by atoms with E-state index in [1.165, 1.54) is 19.0 Å². The Balaban J connectivity index is 1.78. The highest BCUT2D eigenvalue weighted by atomic mass is 16.6. The molecule has 2 fully saturated rings. The van der Waals surface area contributed by atoms with Crippen molar-refractivity contribution < 1.29 is 4.92 Å². The minimum absolute atomic E-state index is 0.0561. The van der Waals surface area contributed by atoms with Crippen molar-refractivity contribution in [1.29, 1.82) is 0 Å². The van der Waals surface area contributed by atoms with Gasteiger partial charge >= 0.3 is 0 Å². The predicted octanol–water partition coefficient (Wildman–Crippen LogP) is 2.49. The number of hydrogen-bond acceptors (Lipinski definition) is 5. The van der Waals surface area contributed by atoms with Gasteiger partial charge in [0.05, 0.1) is 4.92 Å². The van der Waals surface area contributed by atoms with E-state index in [1.54, 1.807) is 12.1 Å². The van der Waals surface area contributed by atoms with Gasteiger partial charge in [-0.15, -0.1) is 0 Å². The van der Waals surface area contributed by atoms with E-state index < -0.39 is 4.92 Å². The predicted molar refractivity (Wildman–Crippen MR) is 81.5 cm³/mol. The van der Waals surface area contributed by atoms with Gasteiger partial charge < -0.3 is 10.2 Å². The smallest absolute Gasteiger partial charge is 0.287 e. The Labute approximate surface area is 124 Å². The van der Waals surface area contributed by atoms with Gasteiger partial charge in [0, 0.05) is 30.7 Å². The molecule has 2 unspecified atom stereocenters. The van der Waals surface area contributed by atoms with Gasteiger partial charge in [0.25, 0.3) is 5.69 Å². The normalized spacial score (nSPS) is 27.6. The molecule has 0 radical (unpaired) electrons. The van der Waals surface area contributed by atoms with Gasteiger partial charge in [0.2, 0.25) is 0 Å². The van der Waals surface area contributed by atoms with Gasteiger partial charge in [-0.25, -0.2) is 4.98 Å². The van der Waals surface area contributed by atoms with Crippen LogP contribution in [0.3, 0.4) is 0 Å². The molecule has 0 aromatic carbocycles. The van der Waals surface area contributed by atoms with Crippen LogP contribution in [0.5, 0.6) is 0 Å². The average molecular weight is 290 g/mol. The molecule has 6 heteroatoms. The molecule has 6 nitrogen and oxygen atoms in total. The SMILES string of the molecule is CCCN(c1ccc([N+](=O)[O-])cn1)C1CC2CCC(C1)N2. The molecule has 3 heterocycles. The van der Waals surface area contributed by atoms with Crippen molar-refractivity contribution >= 4 is 11.5 Å². The first-order valence-corrected chi connectivity index (χ1v) is 7.80. The van der Waals surface area contributed by atoms with Crippen LogP contribution in [0.2, 0.25) is 0 Å². The second-order valence-electron chi connectivity index (χ2n) is 6.09. The molecule has 0 saturated carbocycles. The number of nitrogens with one attached hydrogen (secondary N) is 1. The Hall–Kier alpha value is -1.69. The number of nitrogens with zero attached hydrogens (tertiary/aromatic N) is 3. The molecule has 3 rings (SSSR count). The van der Waals surface area contributed by atoms with Crippen LogP contribution in [-0.4, -0.2) is 34.6 Å². The highest BCUT2D eigenvalue weighted by Crippen LogP contribution is 2.32. The number of piperidine rings is 1. The van der Waals surface area contributed by atoms with Crippen molar-refractivity contribution in [2.24, 2.45) is 0 Å². The lowest BCUT2D eigenvalue weighted by Gasteiger charge is -2.38. The van der Waals surface area contributed by atoms with Gasteiger partial charge in [0.1, 0.15) is 12.0 Å². The van der Waals surface area contributed by atoms with Crippen molar-refractivity contribution in [1.82, 2.24) is 10.3 Å². The maximum absolute atomic E-state index is 10.7. The Morgan fingerprint density at radius 1 is 1.38 bits per heavy atom. The zero-order valence-corrected chi connectivity index (χ0v) is 12.4. The summed E-state index contributed by atoms with van der Waals surface area (Å²) in [4.78, 5) is 17.0. The first-order valence-electron chi connectivity index (χ1n) is 7.80. The Morgan fingerprint density at radius 2 is 2.10 bits per heavy atom. The summed E-state index contributed by atoms with van der Waals surface area (Å²) in [7, 11) is 0. The quantitative estimate of drug-likeness (QED) is 0.666. The van der Waals surface area contributed by atoms with Crippen LogP contribution in [0.15, 0.2) is 18.3 Å². The highest BCUT2D eigenvalue weighted by Gasteiger charge is 2.36.